The average molecular weight is 507 g/mol. The normalized spacial score (nSPS) is 11.8. The van der Waals surface area contributed by atoms with Crippen molar-refractivity contribution in [2.75, 3.05) is 24.7 Å². The summed E-state index contributed by atoms with van der Waals surface area (Å²) in [6, 6.07) is 22.8. The molecule has 3 aromatic carbocycles. The van der Waals surface area contributed by atoms with Crippen LogP contribution in [0, 0.1) is 0 Å². The second kappa shape index (κ2) is 11.5. The van der Waals surface area contributed by atoms with E-state index in [1.165, 1.54) is 0 Å². The first kappa shape index (κ1) is 25.7. The standard InChI is InChI=1S/C24H26O8S2/c25-33(26,27)16-4-14-31-22-12-13-24(32-15-5-17-34(28,29)30)23(18-22)21-10-8-20(9-11-21)19-6-2-1-3-7-19/h1-3,6-13,18H,4-5,14-17H2,(H,25,26,27)(H,28,29,30). The second-order valence-corrected chi connectivity index (χ2v) is 10.7. The molecule has 2 N–H and O–H groups in total. The van der Waals surface area contributed by atoms with Gasteiger partial charge in [-0.15, -0.1) is 0 Å². The minimum atomic E-state index is -4.06. The Bertz CT molecular complexity index is 1290. The van der Waals surface area contributed by atoms with Crippen LogP contribution in [-0.2, 0) is 20.2 Å². The van der Waals surface area contributed by atoms with E-state index in [-0.39, 0.29) is 26.1 Å². The molecule has 0 aromatic heterocycles. The van der Waals surface area contributed by atoms with E-state index in [4.69, 9.17) is 18.6 Å². The summed E-state index contributed by atoms with van der Waals surface area (Å²) < 4.78 is 72.8. The molecular weight excluding hydrogens is 480 g/mol. The van der Waals surface area contributed by atoms with Crippen molar-refractivity contribution in [2.45, 2.75) is 12.8 Å². The molecule has 0 unspecified atom stereocenters. The zero-order chi connectivity index (χ0) is 24.6. The molecule has 0 bridgehead atoms. The van der Waals surface area contributed by atoms with Crippen molar-refractivity contribution >= 4 is 20.2 Å². The van der Waals surface area contributed by atoms with Gasteiger partial charge in [0.05, 0.1) is 24.7 Å². The third kappa shape index (κ3) is 8.45. The minimum Gasteiger partial charge on any atom is -0.494 e. The number of hydrogen-bond donors (Lipinski definition) is 2. The molecule has 34 heavy (non-hydrogen) atoms. The zero-order valence-corrected chi connectivity index (χ0v) is 20.0. The third-order valence-electron chi connectivity index (χ3n) is 4.87. The molecule has 0 saturated heterocycles. The summed E-state index contributed by atoms with van der Waals surface area (Å²) in [6.45, 7) is 0.185. The van der Waals surface area contributed by atoms with Crippen molar-refractivity contribution in [1.29, 1.82) is 0 Å². The summed E-state index contributed by atoms with van der Waals surface area (Å²) >= 11 is 0. The number of hydrogen-bond acceptors (Lipinski definition) is 6. The Morgan fingerprint density at radius 2 is 1.15 bits per heavy atom. The Labute approximate surface area is 199 Å². The number of rotatable bonds is 12. The summed E-state index contributed by atoms with van der Waals surface area (Å²) in [4.78, 5) is 0. The van der Waals surface area contributed by atoms with E-state index in [2.05, 4.69) is 0 Å². The second-order valence-electron chi connectivity index (χ2n) is 7.58. The van der Waals surface area contributed by atoms with E-state index in [9.17, 15) is 16.8 Å². The van der Waals surface area contributed by atoms with Gasteiger partial charge in [0, 0.05) is 5.56 Å². The monoisotopic (exact) mass is 506 g/mol. The smallest absolute Gasteiger partial charge is 0.264 e. The van der Waals surface area contributed by atoms with Gasteiger partial charge in [-0.1, -0.05) is 54.6 Å². The summed E-state index contributed by atoms with van der Waals surface area (Å²) in [5.41, 5.74) is 3.66. The zero-order valence-electron chi connectivity index (χ0n) is 18.3. The van der Waals surface area contributed by atoms with Crippen LogP contribution in [0.4, 0.5) is 0 Å². The molecule has 10 heteroatoms. The molecule has 0 fully saturated rings. The maximum atomic E-state index is 10.9. The predicted octanol–water partition coefficient (Wildman–Crippen LogP) is 4.33. The molecule has 0 heterocycles. The first-order valence-electron chi connectivity index (χ1n) is 10.6. The van der Waals surface area contributed by atoms with Gasteiger partial charge >= 0.3 is 0 Å². The highest BCUT2D eigenvalue weighted by atomic mass is 32.2. The van der Waals surface area contributed by atoms with Gasteiger partial charge in [-0.05, 0) is 47.7 Å². The van der Waals surface area contributed by atoms with Crippen LogP contribution < -0.4 is 9.47 Å². The Kier molecular flexibility index (Phi) is 8.67. The lowest BCUT2D eigenvalue weighted by Gasteiger charge is -2.15. The SMILES string of the molecule is O=S(=O)(O)CCCOc1ccc(OCCCS(=O)(=O)O)c(-c2ccc(-c3ccccc3)cc2)c1. The van der Waals surface area contributed by atoms with Crippen LogP contribution in [0.2, 0.25) is 0 Å². The first-order chi connectivity index (χ1) is 16.1. The molecule has 0 aliphatic carbocycles. The lowest BCUT2D eigenvalue weighted by atomic mass is 9.99. The molecule has 0 spiro atoms. The highest BCUT2D eigenvalue weighted by molar-refractivity contribution is 7.86. The van der Waals surface area contributed by atoms with Gasteiger partial charge in [-0.25, -0.2) is 0 Å². The van der Waals surface area contributed by atoms with Crippen molar-refractivity contribution in [1.82, 2.24) is 0 Å². The molecule has 8 nitrogen and oxygen atoms in total. The van der Waals surface area contributed by atoms with E-state index in [1.807, 2.05) is 54.6 Å². The molecule has 3 rings (SSSR count). The Hall–Kier alpha value is -2.92. The topological polar surface area (TPSA) is 127 Å². The van der Waals surface area contributed by atoms with Gasteiger partial charge in [0.1, 0.15) is 11.5 Å². The van der Waals surface area contributed by atoms with Crippen molar-refractivity contribution in [3.05, 3.63) is 72.8 Å². The molecule has 0 saturated carbocycles. The van der Waals surface area contributed by atoms with Crippen molar-refractivity contribution in [3.8, 4) is 33.8 Å². The first-order valence-corrected chi connectivity index (χ1v) is 13.8. The lowest BCUT2D eigenvalue weighted by molar-refractivity contribution is 0.308. The third-order valence-corrected chi connectivity index (χ3v) is 6.48. The average Bonchev–Trinajstić information content (AvgIpc) is 2.79. The van der Waals surface area contributed by atoms with Gasteiger partial charge in [0.2, 0.25) is 0 Å². The molecule has 182 valence electrons. The van der Waals surface area contributed by atoms with Crippen LogP contribution in [0.5, 0.6) is 11.5 Å². The molecular formula is C24H26O8S2. The van der Waals surface area contributed by atoms with Crippen molar-refractivity contribution < 1.29 is 35.4 Å². The molecule has 0 amide bonds. The van der Waals surface area contributed by atoms with Crippen molar-refractivity contribution in [3.63, 3.8) is 0 Å². The Morgan fingerprint density at radius 3 is 1.74 bits per heavy atom. The highest BCUT2D eigenvalue weighted by Crippen LogP contribution is 2.35. The van der Waals surface area contributed by atoms with Crippen LogP contribution in [0.1, 0.15) is 12.8 Å². The molecule has 0 aliphatic heterocycles. The fraction of sp³-hybridized carbons (Fsp3) is 0.250. The van der Waals surface area contributed by atoms with Gasteiger partial charge in [-0.2, -0.15) is 16.8 Å². The summed E-state index contributed by atoms with van der Waals surface area (Å²) in [7, 11) is -8.11. The van der Waals surface area contributed by atoms with Crippen LogP contribution in [0.25, 0.3) is 22.3 Å². The maximum absolute atomic E-state index is 10.9. The summed E-state index contributed by atoms with van der Waals surface area (Å²) in [5.74, 6) is 0.203. The highest BCUT2D eigenvalue weighted by Gasteiger charge is 2.12. The lowest BCUT2D eigenvalue weighted by Crippen LogP contribution is -2.09. The van der Waals surface area contributed by atoms with Crippen LogP contribution in [-0.4, -0.2) is 50.7 Å². The van der Waals surface area contributed by atoms with Gasteiger partial charge < -0.3 is 9.47 Å². The van der Waals surface area contributed by atoms with Crippen LogP contribution in [0.3, 0.4) is 0 Å². The van der Waals surface area contributed by atoms with Crippen LogP contribution in [0.15, 0.2) is 72.8 Å². The number of ether oxygens (including phenoxy) is 2. The van der Waals surface area contributed by atoms with Gasteiger partial charge in [0.15, 0.2) is 0 Å². The van der Waals surface area contributed by atoms with E-state index < -0.39 is 31.7 Å². The van der Waals surface area contributed by atoms with Crippen molar-refractivity contribution in [2.24, 2.45) is 0 Å². The maximum Gasteiger partial charge on any atom is 0.264 e. The fourth-order valence-corrected chi connectivity index (χ4v) is 4.24. The van der Waals surface area contributed by atoms with E-state index >= 15 is 0 Å². The van der Waals surface area contributed by atoms with E-state index in [0.29, 0.717) is 17.1 Å². The minimum absolute atomic E-state index is 0.0868. The number of benzene rings is 3. The largest absolute Gasteiger partial charge is 0.494 e. The molecule has 0 aliphatic rings. The molecule has 0 radical (unpaired) electrons. The Morgan fingerprint density at radius 1 is 0.618 bits per heavy atom. The summed E-state index contributed by atoms with van der Waals surface area (Å²) in [6.07, 6.45) is 0.257. The Balaban J connectivity index is 1.80. The van der Waals surface area contributed by atoms with Gasteiger partial charge in [-0.3, -0.25) is 9.11 Å². The van der Waals surface area contributed by atoms with Gasteiger partial charge in [0.25, 0.3) is 20.2 Å². The summed E-state index contributed by atoms with van der Waals surface area (Å²) in [5, 5.41) is 0. The molecule has 3 aromatic rings. The predicted molar refractivity (Wildman–Crippen MR) is 130 cm³/mol. The van der Waals surface area contributed by atoms with Crippen LogP contribution >= 0.6 is 0 Å². The van der Waals surface area contributed by atoms with E-state index in [0.717, 1.165) is 16.7 Å². The fourth-order valence-electron chi connectivity index (χ4n) is 3.28. The molecule has 0 atom stereocenters. The van der Waals surface area contributed by atoms with E-state index in [1.54, 1.807) is 18.2 Å². The quantitative estimate of drug-likeness (QED) is 0.274.